The number of pyridine rings is 1. The molecule has 0 aromatic carbocycles. The number of halogens is 4. The van der Waals surface area contributed by atoms with E-state index in [-0.39, 0.29) is 22.1 Å². The third-order valence-electron chi connectivity index (χ3n) is 2.86. The summed E-state index contributed by atoms with van der Waals surface area (Å²) in [6.45, 7) is 5.72. The molecule has 0 unspecified atom stereocenters. The lowest BCUT2D eigenvalue weighted by molar-refractivity contribution is -0.137. The molecule has 0 saturated heterocycles. The minimum atomic E-state index is -4.44. The zero-order valence-corrected chi connectivity index (χ0v) is 12.4. The van der Waals surface area contributed by atoms with Crippen molar-refractivity contribution in [3.05, 3.63) is 34.6 Å². The maximum atomic E-state index is 12.5. The van der Waals surface area contributed by atoms with Crippen molar-refractivity contribution >= 4 is 17.4 Å². The van der Waals surface area contributed by atoms with E-state index in [1.165, 1.54) is 10.7 Å². The summed E-state index contributed by atoms with van der Waals surface area (Å²) >= 11 is 6.14. The molecule has 0 aliphatic carbocycles. The Hall–Kier alpha value is -1.76. The van der Waals surface area contributed by atoms with E-state index in [1.807, 2.05) is 20.8 Å². The Bertz CT molecular complexity index is 654. The van der Waals surface area contributed by atoms with Gasteiger partial charge in [0.15, 0.2) is 5.82 Å². The van der Waals surface area contributed by atoms with Crippen molar-refractivity contribution in [2.45, 2.75) is 32.4 Å². The molecule has 0 aliphatic rings. The highest BCUT2D eigenvalue weighted by Gasteiger charge is 2.31. The van der Waals surface area contributed by atoms with E-state index in [1.54, 1.807) is 0 Å². The van der Waals surface area contributed by atoms with Crippen LogP contribution in [0.3, 0.4) is 0 Å². The quantitative estimate of drug-likeness (QED) is 0.869. The number of anilines is 1. The molecule has 0 atom stereocenters. The van der Waals surface area contributed by atoms with Gasteiger partial charge in [-0.25, -0.2) is 4.98 Å². The number of hydrogen-bond donors (Lipinski definition) is 1. The molecule has 2 aromatic heterocycles. The minimum Gasteiger partial charge on any atom is -0.382 e. The number of nitrogens with zero attached hydrogens (tertiary/aromatic N) is 3. The van der Waals surface area contributed by atoms with Crippen molar-refractivity contribution in [2.75, 3.05) is 5.73 Å². The highest BCUT2D eigenvalue weighted by atomic mass is 35.5. The molecule has 2 rings (SSSR count). The van der Waals surface area contributed by atoms with Gasteiger partial charge in [0.25, 0.3) is 0 Å². The topological polar surface area (TPSA) is 56.7 Å². The lowest BCUT2D eigenvalue weighted by Gasteiger charge is -2.15. The first-order valence-corrected chi connectivity index (χ1v) is 6.47. The van der Waals surface area contributed by atoms with Crippen LogP contribution in [0, 0.1) is 0 Å². The van der Waals surface area contributed by atoms with E-state index in [2.05, 4.69) is 10.1 Å². The molecule has 0 bridgehead atoms. The minimum absolute atomic E-state index is 0.147. The fraction of sp³-hybridized carbons (Fsp3) is 0.385. The molecular weight excluding hydrogens is 305 g/mol. The predicted octanol–water partition coefficient (Wildman–Crippen LogP) is 3.82. The second-order valence-corrected chi connectivity index (χ2v) is 5.99. The monoisotopic (exact) mass is 318 g/mol. The average molecular weight is 319 g/mol. The Kier molecular flexibility index (Phi) is 3.65. The number of hydrogen-bond acceptors (Lipinski definition) is 3. The fourth-order valence-corrected chi connectivity index (χ4v) is 2.15. The zero-order valence-electron chi connectivity index (χ0n) is 11.7. The second kappa shape index (κ2) is 4.91. The number of alkyl halides is 3. The van der Waals surface area contributed by atoms with E-state index < -0.39 is 11.7 Å². The summed E-state index contributed by atoms with van der Waals surface area (Å²) < 4.78 is 38.8. The molecule has 0 aliphatic heterocycles. The van der Waals surface area contributed by atoms with E-state index in [4.69, 9.17) is 17.3 Å². The van der Waals surface area contributed by atoms with Gasteiger partial charge in [-0.15, -0.1) is 0 Å². The zero-order chi connectivity index (χ0) is 16.0. The summed E-state index contributed by atoms with van der Waals surface area (Å²) in [5.74, 6) is 0.326. The molecule has 2 N–H and O–H groups in total. The Labute approximate surface area is 124 Å². The largest absolute Gasteiger partial charge is 0.417 e. The van der Waals surface area contributed by atoms with Crippen LogP contribution in [0.4, 0.5) is 19.0 Å². The van der Waals surface area contributed by atoms with Crippen LogP contribution in [-0.2, 0) is 11.6 Å². The van der Waals surface area contributed by atoms with E-state index in [9.17, 15) is 13.2 Å². The van der Waals surface area contributed by atoms with Crippen molar-refractivity contribution < 1.29 is 13.2 Å². The SMILES string of the molecule is CC(C)(C)c1nn(-c2ccc(C(F)(F)F)cn2)c(N)c1Cl. The molecule has 0 fully saturated rings. The van der Waals surface area contributed by atoms with Gasteiger partial charge in [-0.05, 0) is 12.1 Å². The van der Waals surface area contributed by atoms with Crippen LogP contribution in [0.1, 0.15) is 32.0 Å². The smallest absolute Gasteiger partial charge is 0.382 e. The third-order valence-corrected chi connectivity index (χ3v) is 3.24. The summed E-state index contributed by atoms with van der Waals surface area (Å²) in [6, 6.07) is 2.13. The normalized spacial score (nSPS) is 12.7. The molecule has 0 spiro atoms. The molecule has 8 heteroatoms. The molecular formula is C13H14ClF3N4. The van der Waals surface area contributed by atoms with Crippen molar-refractivity contribution in [1.82, 2.24) is 14.8 Å². The van der Waals surface area contributed by atoms with Gasteiger partial charge in [-0.1, -0.05) is 32.4 Å². The summed E-state index contributed by atoms with van der Waals surface area (Å²) in [6.07, 6.45) is -3.70. The van der Waals surface area contributed by atoms with Crippen LogP contribution >= 0.6 is 11.6 Å². The van der Waals surface area contributed by atoms with Gasteiger partial charge in [-0.3, -0.25) is 0 Å². The van der Waals surface area contributed by atoms with Crippen LogP contribution < -0.4 is 5.73 Å². The first kappa shape index (κ1) is 15.6. The van der Waals surface area contributed by atoms with Crippen LogP contribution in [0.2, 0.25) is 5.02 Å². The summed E-state index contributed by atoms with van der Waals surface area (Å²) in [5, 5.41) is 4.54. The van der Waals surface area contributed by atoms with Crippen molar-refractivity contribution in [2.24, 2.45) is 0 Å². The fourth-order valence-electron chi connectivity index (χ4n) is 1.74. The first-order chi connectivity index (χ1) is 9.51. The van der Waals surface area contributed by atoms with Crippen molar-refractivity contribution in [3.63, 3.8) is 0 Å². The van der Waals surface area contributed by atoms with Gasteiger partial charge in [0.2, 0.25) is 0 Å². The van der Waals surface area contributed by atoms with Gasteiger partial charge in [-0.2, -0.15) is 23.0 Å². The molecule has 2 aromatic rings. The summed E-state index contributed by atoms with van der Waals surface area (Å²) in [4.78, 5) is 3.75. The van der Waals surface area contributed by atoms with Gasteiger partial charge in [0.05, 0.1) is 11.3 Å². The van der Waals surface area contributed by atoms with E-state index >= 15 is 0 Å². The van der Waals surface area contributed by atoms with E-state index in [0.717, 1.165) is 12.3 Å². The Morgan fingerprint density at radius 3 is 2.19 bits per heavy atom. The molecule has 0 radical (unpaired) electrons. The Morgan fingerprint density at radius 2 is 1.81 bits per heavy atom. The van der Waals surface area contributed by atoms with Gasteiger partial charge >= 0.3 is 6.18 Å². The van der Waals surface area contributed by atoms with Crippen molar-refractivity contribution in [1.29, 1.82) is 0 Å². The molecule has 0 amide bonds. The van der Waals surface area contributed by atoms with Crippen molar-refractivity contribution in [3.8, 4) is 5.82 Å². The third kappa shape index (κ3) is 2.97. The lowest BCUT2D eigenvalue weighted by atomic mass is 9.92. The van der Waals surface area contributed by atoms with E-state index in [0.29, 0.717) is 5.69 Å². The standard InChI is InChI=1S/C13H14ClF3N4/c1-12(2,3)10-9(14)11(18)21(20-10)8-5-4-7(6-19-8)13(15,16)17/h4-6H,18H2,1-3H3. The maximum Gasteiger partial charge on any atom is 0.417 e. The van der Waals surface area contributed by atoms with Crippen LogP contribution in [-0.4, -0.2) is 14.8 Å². The first-order valence-electron chi connectivity index (χ1n) is 6.10. The van der Waals surface area contributed by atoms with Crippen LogP contribution in [0.25, 0.3) is 5.82 Å². The second-order valence-electron chi connectivity index (χ2n) is 5.61. The van der Waals surface area contributed by atoms with Crippen LogP contribution in [0.15, 0.2) is 18.3 Å². The predicted molar refractivity (Wildman–Crippen MR) is 74.5 cm³/mol. The molecule has 0 saturated carbocycles. The Morgan fingerprint density at radius 1 is 1.19 bits per heavy atom. The molecule has 114 valence electrons. The summed E-state index contributed by atoms with van der Waals surface area (Å²) in [5.41, 5.74) is 5.24. The number of aromatic nitrogens is 3. The highest BCUT2D eigenvalue weighted by Crippen LogP contribution is 2.34. The van der Waals surface area contributed by atoms with Gasteiger partial charge < -0.3 is 5.73 Å². The molecule has 2 heterocycles. The van der Waals surface area contributed by atoms with Gasteiger partial charge in [0.1, 0.15) is 10.8 Å². The number of rotatable bonds is 1. The molecule has 21 heavy (non-hydrogen) atoms. The van der Waals surface area contributed by atoms with Crippen LogP contribution in [0.5, 0.6) is 0 Å². The maximum absolute atomic E-state index is 12.5. The van der Waals surface area contributed by atoms with Gasteiger partial charge in [0, 0.05) is 11.6 Å². The Balaban J connectivity index is 2.48. The molecule has 4 nitrogen and oxygen atoms in total. The lowest BCUT2D eigenvalue weighted by Crippen LogP contribution is -2.13. The summed E-state index contributed by atoms with van der Waals surface area (Å²) in [7, 11) is 0. The highest BCUT2D eigenvalue weighted by molar-refractivity contribution is 6.33. The average Bonchev–Trinajstić information content (AvgIpc) is 2.65. The number of nitrogen functional groups attached to an aromatic ring is 1. The number of nitrogens with two attached hydrogens (primary N) is 1.